The molecule has 0 amide bonds. The quantitative estimate of drug-likeness (QED) is 0.364. The largest absolute Gasteiger partial charge is 0.462 e. The summed E-state index contributed by atoms with van der Waals surface area (Å²) in [6.07, 6.45) is 0.00408. The normalized spacial score (nSPS) is 26.1. The molecular weight excluding hydrogens is 240 g/mol. The van der Waals surface area contributed by atoms with Crippen LogP contribution < -0.4 is 0 Å². The minimum absolute atomic E-state index is 0.00368. The van der Waals surface area contributed by atoms with Crippen molar-refractivity contribution >= 4 is 11.9 Å². The second-order valence-electron chi connectivity index (χ2n) is 4.39. The van der Waals surface area contributed by atoms with Gasteiger partial charge in [0, 0.05) is 5.57 Å². The van der Waals surface area contributed by atoms with E-state index in [0.29, 0.717) is 13.2 Å². The monoisotopic (exact) mass is 256 g/mol. The fourth-order valence-electron chi connectivity index (χ4n) is 1.21. The third-order valence-corrected chi connectivity index (χ3v) is 2.75. The van der Waals surface area contributed by atoms with Gasteiger partial charge in [-0.2, -0.15) is 0 Å². The summed E-state index contributed by atoms with van der Waals surface area (Å²) >= 11 is 0. The fourth-order valence-corrected chi connectivity index (χ4v) is 1.21. The summed E-state index contributed by atoms with van der Waals surface area (Å²) in [6.45, 7) is 6.79. The van der Waals surface area contributed by atoms with E-state index in [-0.39, 0.29) is 31.0 Å². The van der Waals surface area contributed by atoms with E-state index in [9.17, 15) is 9.59 Å². The first-order valence-corrected chi connectivity index (χ1v) is 5.83. The SMILES string of the molecule is C=C(C(=O)OCC1CO1)C(C)C(=O)OCC1CO1. The van der Waals surface area contributed by atoms with Crippen molar-refractivity contribution in [1.82, 2.24) is 0 Å². The highest BCUT2D eigenvalue weighted by molar-refractivity contribution is 5.94. The summed E-state index contributed by atoms with van der Waals surface area (Å²) in [6, 6.07) is 0. The number of carbonyl (C=O) groups is 2. The summed E-state index contributed by atoms with van der Waals surface area (Å²) in [5, 5.41) is 0. The van der Waals surface area contributed by atoms with Gasteiger partial charge in [-0.15, -0.1) is 0 Å². The van der Waals surface area contributed by atoms with Crippen molar-refractivity contribution in [2.24, 2.45) is 5.92 Å². The molecular formula is C12H16O6. The van der Waals surface area contributed by atoms with E-state index in [2.05, 4.69) is 6.58 Å². The molecule has 0 bridgehead atoms. The Morgan fingerprint density at radius 3 is 2.22 bits per heavy atom. The predicted molar refractivity (Wildman–Crippen MR) is 59.7 cm³/mol. The van der Waals surface area contributed by atoms with Crippen molar-refractivity contribution in [3.05, 3.63) is 12.2 Å². The number of ether oxygens (including phenoxy) is 4. The summed E-state index contributed by atoms with van der Waals surface area (Å²) in [7, 11) is 0. The molecule has 2 heterocycles. The van der Waals surface area contributed by atoms with Crippen LogP contribution in [0.15, 0.2) is 12.2 Å². The lowest BCUT2D eigenvalue weighted by molar-refractivity contribution is -0.150. The Labute approximate surface area is 105 Å². The molecule has 100 valence electrons. The molecule has 6 heteroatoms. The molecule has 0 saturated carbocycles. The minimum Gasteiger partial charge on any atom is -0.462 e. The first kappa shape index (κ1) is 13.0. The number of hydrogen-bond donors (Lipinski definition) is 0. The Hall–Kier alpha value is -1.40. The predicted octanol–water partition coefficient (Wildman–Crippen LogP) is 0.0627. The van der Waals surface area contributed by atoms with Gasteiger partial charge in [0.2, 0.25) is 0 Å². The van der Waals surface area contributed by atoms with Crippen LogP contribution in [0.1, 0.15) is 6.92 Å². The van der Waals surface area contributed by atoms with Crippen molar-refractivity contribution in [3.8, 4) is 0 Å². The van der Waals surface area contributed by atoms with Crippen molar-refractivity contribution in [3.63, 3.8) is 0 Å². The molecule has 0 aliphatic carbocycles. The first-order valence-electron chi connectivity index (χ1n) is 5.83. The second-order valence-corrected chi connectivity index (χ2v) is 4.39. The summed E-state index contributed by atoms with van der Waals surface area (Å²) < 4.78 is 19.7. The van der Waals surface area contributed by atoms with Crippen LogP contribution in [0, 0.1) is 5.92 Å². The van der Waals surface area contributed by atoms with Crippen LogP contribution >= 0.6 is 0 Å². The molecule has 3 unspecified atom stereocenters. The molecule has 6 nitrogen and oxygen atoms in total. The smallest absolute Gasteiger partial charge is 0.334 e. The number of carbonyl (C=O) groups excluding carboxylic acids is 2. The Morgan fingerprint density at radius 2 is 1.72 bits per heavy atom. The number of epoxide rings is 2. The molecule has 0 aromatic carbocycles. The van der Waals surface area contributed by atoms with E-state index in [4.69, 9.17) is 18.9 Å². The molecule has 2 fully saturated rings. The maximum Gasteiger partial charge on any atom is 0.334 e. The maximum absolute atomic E-state index is 11.6. The highest BCUT2D eigenvalue weighted by Crippen LogP contribution is 2.16. The van der Waals surface area contributed by atoms with Gasteiger partial charge in [-0.25, -0.2) is 4.79 Å². The van der Waals surface area contributed by atoms with Gasteiger partial charge in [-0.1, -0.05) is 6.58 Å². The molecule has 2 saturated heterocycles. The molecule has 3 atom stereocenters. The van der Waals surface area contributed by atoms with Crippen LogP contribution in [0.25, 0.3) is 0 Å². The van der Waals surface area contributed by atoms with Crippen LogP contribution in [-0.2, 0) is 28.5 Å². The minimum atomic E-state index is -0.712. The molecule has 2 aliphatic heterocycles. The van der Waals surface area contributed by atoms with Gasteiger partial charge in [-0.05, 0) is 6.92 Å². The van der Waals surface area contributed by atoms with Crippen LogP contribution in [0.4, 0.5) is 0 Å². The van der Waals surface area contributed by atoms with Gasteiger partial charge in [0.1, 0.15) is 25.4 Å². The molecule has 0 aromatic rings. The summed E-state index contributed by atoms with van der Waals surface area (Å²) in [4.78, 5) is 23.2. The van der Waals surface area contributed by atoms with E-state index >= 15 is 0 Å². The summed E-state index contributed by atoms with van der Waals surface area (Å²) in [5.74, 6) is -1.79. The van der Waals surface area contributed by atoms with Gasteiger partial charge < -0.3 is 18.9 Å². The van der Waals surface area contributed by atoms with Gasteiger partial charge >= 0.3 is 11.9 Å². The van der Waals surface area contributed by atoms with Gasteiger partial charge in [0.05, 0.1) is 19.1 Å². The zero-order valence-electron chi connectivity index (χ0n) is 10.2. The van der Waals surface area contributed by atoms with E-state index in [0.717, 1.165) is 0 Å². The molecule has 0 N–H and O–H groups in total. The molecule has 18 heavy (non-hydrogen) atoms. The molecule has 0 aromatic heterocycles. The topological polar surface area (TPSA) is 77.7 Å². The second kappa shape index (κ2) is 5.49. The van der Waals surface area contributed by atoms with Crippen molar-refractivity contribution in [2.75, 3.05) is 26.4 Å². The Kier molecular flexibility index (Phi) is 3.98. The van der Waals surface area contributed by atoms with E-state index in [1.165, 1.54) is 0 Å². The maximum atomic E-state index is 11.6. The highest BCUT2D eigenvalue weighted by Gasteiger charge is 2.30. The van der Waals surface area contributed by atoms with Crippen molar-refractivity contribution < 1.29 is 28.5 Å². The van der Waals surface area contributed by atoms with Crippen LogP contribution in [0.5, 0.6) is 0 Å². The van der Waals surface area contributed by atoms with E-state index < -0.39 is 17.9 Å². The zero-order chi connectivity index (χ0) is 13.1. The Balaban J connectivity index is 1.70. The number of hydrogen-bond acceptors (Lipinski definition) is 6. The molecule has 0 spiro atoms. The highest BCUT2D eigenvalue weighted by atomic mass is 16.6. The fraction of sp³-hybridized carbons (Fsp3) is 0.667. The lowest BCUT2D eigenvalue weighted by Crippen LogP contribution is -2.24. The van der Waals surface area contributed by atoms with E-state index in [1.54, 1.807) is 6.92 Å². The lowest BCUT2D eigenvalue weighted by atomic mass is 10.0. The molecule has 2 aliphatic rings. The number of rotatable bonds is 7. The Bertz CT molecular complexity index is 356. The van der Waals surface area contributed by atoms with Crippen LogP contribution in [0.3, 0.4) is 0 Å². The van der Waals surface area contributed by atoms with Crippen molar-refractivity contribution in [2.45, 2.75) is 19.1 Å². The third kappa shape index (κ3) is 3.82. The van der Waals surface area contributed by atoms with Crippen LogP contribution in [-0.4, -0.2) is 50.6 Å². The first-order chi connectivity index (χ1) is 8.58. The average molecular weight is 256 g/mol. The van der Waals surface area contributed by atoms with E-state index in [1.807, 2.05) is 0 Å². The van der Waals surface area contributed by atoms with Gasteiger partial charge in [-0.3, -0.25) is 4.79 Å². The summed E-state index contributed by atoms with van der Waals surface area (Å²) in [5.41, 5.74) is 0.0948. The Morgan fingerprint density at radius 1 is 1.22 bits per heavy atom. The zero-order valence-corrected chi connectivity index (χ0v) is 10.2. The lowest BCUT2D eigenvalue weighted by Gasteiger charge is -2.12. The molecule has 0 radical (unpaired) electrons. The standard InChI is InChI=1S/C12H16O6/c1-7(11(13)17-5-9-3-15-9)8(2)12(14)18-6-10-4-16-10/h8-10H,1,3-6H2,2H3. The average Bonchev–Trinajstić information content (AvgIpc) is 3.24. The van der Waals surface area contributed by atoms with Crippen molar-refractivity contribution in [1.29, 1.82) is 0 Å². The van der Waals surface area contributed by atoms with Crippen LogP contribution in [0.2, 0.25) is 0 Å². The van der Waals surface area contributed by atoms with Gasteiger partial charge in [0.15, 0.2) is 0 Å². The third-order valence-electron chi connectivity index (χ3n) is 2.75. The number of esters is 2. The molecule has 2 rings (SSSR count). The van der Waals surface area contributed by atoms with Gasteiger partial charge in [0.25, 0.3) is 0 Å².